The lowest BCUT2D eigenvalue weighted by molar-refractivity contribution is -0.152. The van der Waals surface area contributed by atoms with Crippen LogP contribution >= 0.6 is 11.6 Å². The van der Waals surface area contributed by atoms with Gasteiger partial charge in [-0.05, 0) is 62.6 Å². The van der Waals surface area contributed by atoms with E-state index in [4.69, 9.17) is 17.3 Å². The van der Waals surface area contributed by atoms with E-state index >= 15 is 0 Å². The number of aryl methyl sites for hydroxylation is 1. The van der Waals surface area contributed by atoms with Crippen LogP contribution in [0, 0.1) is 18.8 Å². The minimum absolute atomic E-state index is 0.125. The van der Waals surface area contributed by atoms with Crippen molar-refractivity contribution in [1.82, 2.24) is 10.2 Å². The quantitative estimate of drug-likeness (QED) is 0.160. The highest BCUT2D eigenvalue weighted by molar-refractivity contribution is 6.33. The molecule has 2 aromatic rings. The molecular weight excluding hydrogens is 510 g/mol. The highest BCUT2D eigenvalue weighted by Gasteiger charge is 2.37. The van der Waals surface area contributed by atoms with Crippen molar-refractivity contribution in [2.45, 2.75) is 84.8 Å². The number of halogens is 1. The normalized spacial score (nSPS) is 18.3. The molecule has 0 spiro atoms. The Morgan fingerprint density at radius 3 is 2.46 bits per heavy atom. The van der Waals surface area contributed by atoms with Gasteiger partial charge >= 0.3 is 0 Å². The fourth-order valence-electron chi connectivity index (χ4n) is 5.20. The monoisotopic (exact) mass is 557 g/mol. The molecule has 1 aliphatic rings. The number of rotatable bonds is 12. The molecule has 4 N–H and O–H groups in total. The van der Waals surface area contributed by atoms with Gasteiger partial charge < -0.3 is 21.1 Å². The zero-order valence-corrected chi connectivity index (χ0v) is 25.0. The molecule has 0 aliphatic heterocycles. The molecule has 1 unspecified atom stereocenters. The van der Waals surface area contributed by atoms with Crippen molar-refractivity contribution in [2.24, 2.45) is 17.6 Å². The van der Waals surface area contributed by atoms with Crippen molar-refractivity contribution in [3.05, 3.63) is 58.6 Å². The molecule has 1 saturated carbocycles. The summed E-state index contributed by atoms with van der Waals surface area (Å²) in [5.41, 5.74) is 7.27. The van der Waals surface area contributed by atoms with Crippen molar-refractivity contribution in [3.63, 3.8) is 0 Å². The summed E-state index contributed by atoms with van der Waals surface area (Å²) in [4.78, 5) is 24.7. The van der Waals surface area contributed by atoms with Crippen LogP contribution in [-0.4, -0.2) is 42.0 Å². The number of nitrogens with one attached hydrogen (secondary N) is 1. The van der Waals surface area contributed by atoms with Gasteiger partial charge in [-0.15, -0.1) is 0 Å². The number of benzene rings is 2. The third-order valence-corrected chi connectivity index (χ3v) is 7.97. The molecule has 216 valence electrons. The lowest BCUT2D eigenvalue weighted by atomic mass is 9.83. The average molecular weight is 558 g/mol. The van der Waals surface area contributed by atoms with Crippen LogP contribution in [0.15, 0.2) is 42.5 Å². The Hall–Kier alpha value is -2.41. The molecule has 1 fully saturated rings. The third kappa shape index (κ3) is 9.93. The number of hydrogen-bond acceptors (Lipinski definition) is 4. The molecule has 0 heterocycles. The lowest BCUT2D eigenvalue weighted by Gasteiger charge is -2.39. The second-order valence-electron chi connectivity index (χ2n) is 10.9. The summed E-state index contributed by atoms with van der Waals surface area (Å²) in [5, 5.41) is 15.2. The van der Waals surface area contributed by atoms with Gasteiger partial charge in [0.15, 0.2) is 5.72 Å². The molecule has 0 bridgehead atoms. The molecule has 6 nitrogen and oxygen atoms in total. The first-order valence-electron chi connectivity index (χ1n) is 14.4. The first-order chi connectivity index (χ1) is 18.7. The third-order valence-electron chi connectivity index (χ3n) is 7.65. The number of carbonyl (C=O) groups is 2. The Kier molecular flexibility index (Phi) is 14.0. The summed E-state index contributed by atoms with van der Waals surface area (Å²) >= 11 is 6.60. The Balaban J connectivity index is 0.000000499. The van der Waals surface area contributed by atoms with E-state index in [0.717, 1.165) is 42.3 Å². The molecule has 7 heteroatoms. The van der Waals surface area contributed by atoms with Gasteiger partial charge in [0, 0.05) is 42.6 Å². The average Bonchev–Trinajstić information content (AvgIpc) is 2.92. The van der Waals surface area contributed by atoms with Crippen LogP contribution < -0.4 is 11.1 Å². The van der Waals surface area contributed by atoms with E-state index in [9.17, 15) is 14.7 Å². The molecule has 0 aromatic heterocycles. The maximum atomic E-state index is 12.0. The van der Waals surface area contributed by atoms with Crippen LogP contribution in [0.5, 0.6) is 0 Å². The zero-order valence-electron chi connectivity index (χ0n) is 24.2. The Labute approximate surface area is 240 Å². The first-order valence-corrected chi connectivity index (χ1v) is 14.8. The maximum Gasteiger partial charge on any atom is 0.216 e. The van der Waals surface area contributed by atoms with Crippen molar-refractivity contribution < 1.29 is 14.7 Å². The molecule has 0 saturated heterocycles. The van der Waals surface area contributed by atoms with Crippen molar-refractivity contribution in [2.75, 3.05) is 19.6 Å². The van der Waals surface area contributed by atoms with E-state index in [2.05, 4.69) is 12.2 Å². The number of amides is 2. The summed E-state index contributed by atoms with van der Waals surface area (Å²) in [5.74, 6) is 1.69. The number of aliphatic hydroxyl groups is 1. The molecule has 1 aliphatic carbocycles. The van der Waals surface area contributed by atoms with Gasteiger partial charge in [-0.1, -0.05) is 86.7 Å². The summed E-state index contributed by atoms with van der Waals surface area (Å²) in [6.45, 7) is 9.58. The maximum absolute atomic E-state index is 12.0. The predicted octanol–water partition coefficient (Wildman–Crippen LogP) is 6.41. The highest BCUT2D eigenvalue weighted by atomic mass is 35.5. The Morgan fingerprint density at radius 1 is 1.18 bits per heavy atom. The molecule has 3 rings (SSSR count). The minimum Gasteiger partial charge on any atom is -0.367 e. The highest BCUT2D eigenvalue weighted by Crippen LogP contribution is 2.41. The summed E-state index contributed by atoms with van der Waals surface area (Å²) in [6, 6.07) is 13.3. The van der Waals surface area contributed by atoms with Crippen LogP contribution in [0.2, 0.25) is 5.02 Å². The van der Waals surface area contributed by atoms with Crippen LogP contribution in [0.25, 0.3) is 11.1 Å². The van der Waals surface area contributed by atoms with E-state index in [1.807, 2.05) is 44.2 Å². The predicted molar refractivity (Wildman–Crippen MR) is 161 cm³/mol. The zero-order chi connectivity index (χ0) is 28.8. The van der Waals surface area contributed by atoms with Crippen LogP contribution in [-0.2, 0) is 15.3 Å². The van der Waals surface area contributed by atoms with Gasteiger partial charge in [-0.2, -0.15) is 0 Å². The fraction of sp³-hybridized carbons (Fsp3) is 0.562. The molecule has 0 radical (unpaired) electrons. The minimum atomic E-state index is -1.54. The molecule has 39 heavy (non-hydrogen) atoms. The van der Waals surface area contributed by atoms with Gasteiger partial charge in [-0.25, -0.2) is 0 Å². The van der Waals surface area contributed by atoms with E-state index in [-0.39, 0.29) is 12.3 Å². The van der Waals surface area contributed by atoms with Gasteiger partial charge in [0.05, 0.1) is 0 Å². The Bertz CT molecular complexity index is 1040. The van der Waals surface area contributed by atoms with Crippen LogP contribution in [0.4, 0.5) is 0 Å². The number of hydrogen-bond donors (Lipinski definition) is 3. The van der Waals surface area contributed by atoms with E-state index < -0.39 is 5.72 Å². The van der Waals surface area contributed by atoms with Crippen LogP contribution in [0.3, 0.4) is 0 Å². The topological polar surface area (TPSA) is 95.7 Å². The fourth-order valence-corrected chi connectivity index (χ4v) is 5.49. The summed E-state index contributed by atoms with van der Waals surface area (Å²) < 4.78 is 0. The van der Waals surface area contributed by atoms with Crippen LogP contribution in [0.1, 0.15) is 83.3 Å². The van der Waals surface area contributed by atoms with E-state index in [0.29, 0.717) is 42.1 Å². The summed E-state index contributed by atoms with van der Waals surface area (Å²) in [7, 11) is 0. The molecule has 2 aromatic carbocycles. The smallest absolute Gasteiger partial charge is 0.216 e. The lowest BCUT2D eigenvalue weighted by Crippen LogP contribution is -2.47. The standard InChI is InChI=1S/C24H31ClN2O3.C8H17N/c1-4-5-15-27(17-28)24(30,13-8-14-26-19(3)29)21-11-7-12-22(25)23(21)20-10-6-9-18(2)16-20;1-7-2-4-8(6-9)5-3-7/h6-7,9-12,16-17,30H,4-5,8,13-15H2,1-3H3,(H,26,29);7-8H,2-6,9H2,1H3. The largest absolute Gasteiger partial charge is 0.367 e. The summed E-state index contributed by atoms with van der Waals surface area (Å²) in [6.07, 6.45) is 8.70. The second kappa shape index (κ2) is 16.6. The van der Waals surface area contributed by atoms with Gasteiger partial charge in [-0.3, -0.25) is 9.59 Å². The molecular formula is C32H48ClN3O3. The van der Waals surface area contributed by atoms with Gasteiger partial charge in [0.1, 0.15) is 0 Å². The second-order valence-corrected chi connectivity index (χ2v) is 11.4. The van der Waals surface area contributed by atoms with Gasteiger partial charge in [0.25, 0.3) is 0 Å². The number of unbranched alkanes of at least 4 members (excludes halogenated alkanes) is 1. The van der Waals surface area contributed by atoms with E-state index in [1.165, 1.54) is 37.5 Å². The SMILES string of the molecule is CC1CCC(CN)CC1.CCCCN(C=O)C(O)(CCCNC(C)=O)c1cccc(Cl)c1-c1cccc(C)c1. The van der Waals surface area contributed by atoms with Gasteiger partial charge in [0.2, 0.25) is 12.3 Å². The first kappa shape index (κ1) is 32.8. The molecule has 2 amide bonds. The van der Waals surface area contributed by atoms with Crippen molar-refractivity contribution >= 4 is 23.9 Å². The van der Waals surface area contributed by atoms with E-state index in [1.54, 1.807) is 12.1 Å². The molecule has 1 atom stereocenters. The van der Waals surface area contributed by atoms with Crippen molar-refractivity contribution in [3.8, 4) is 11.1 Å². The van der Waals surface area contributed by atoms with Crippen molar-refractivity contribution in [1.29, 1.82) is 0 Å². The number of nitrogens with two attached hydrogens (primary N) is 1. The number of nitrogens with zero attached hydrogens (tertiary/aromatic N) is 1. The Morgan fingerprint density at radius 2 is 1.87 bits per heavy atom. The number of carbonyl (C=O) groups excluding carboxylic acids is 2.